The summed E-state index contributed by atoms with van der Waals surface area (Å²) in [6.45, 7) is 3.51. The first kappa shape index (κ1) is 25.3. The molecule has 2 aliphatic rings. The van der Waals surface area contributed by atoms with E-state index < -0.39 is 22.3 Å². The van der Waals surface area contributed by atoms with Gasteiger partial charge in [0.1, 0.15) is 5.39 Å². The van der Waals surface area contributed by atoms with Gasteiger partial charge in [-0.3, -0.25) is 23.4 Å². The molecule has 2 atom stereocenters. The van der Waals surface area contributed by atoms with Crippen LogP contribution in [-0.2, 0) is 11.3 Å². The average Bonchev–Trinajstić information content (AvgIpc) is 3.33. The number of nitrogens with one attached hydrogen (secondary N) is 2. The summed E-state index contributed by atoms with van der Waals surface area (Å²) in [6, 6.07) is 9.12. The molecule has 12 heteroatoms. The number of H-pyrrole nitrogens is 1. The Bertz CT molecular complexity index is 1470. The summed E-state index contributed by atoms with van der Waals surface area (Å²) < 4.78 is 25.2. The Morgan fingerprint density at radius 3 is 2.78 bits per heavy atom. The van der Waals surface area contributed by atoms with Crippen molar-refractivity contribution in [1.82, 2.24) is 19.1 Å². The molecular weight excluding hydrogens is 496 g/mol. The van der Waals surface area contributed by atoms with E-state index in [0.717, 1.165) is 25.7 Å². The number of carboxylic acids is 1. The molecular formula is C25H30N6O5S. The highest BCUT2D eigenvalue weighted by molar-refractivity contribution is 8.22. The minimum atomic E-state index is -3.36. The SMILES string of the molecule is CC(C)(CC(=O)O)N1Cc2cc(Nc3nn(C4CCCCC4C#N)c4cc[nH]c(=O)c34)ccc2S1(O)O. The number of pyridine rings is 1. The first-order valence-electron chi connectivity index (χ1n) is 12.2. The van der Waals surface area contributed by atoms with Crippen molar-refractivity contribution < 1.29 is 19.0 Å². The number of aromatic nitrogens is 3. The molecule has 2 unspecified atom stereocenters. The second-order valence-electron chi connectivity index (χ2n) is 10.3. The Hall–Kier alpha value is -3.37. The van der Waals surface area contributed by atoms with Crippen LogP contribution in [-0.4, -0.2) is 44.8 Å². The zero-order valence-electron chi connectivity index (χ0n) is 20.6. The fraction of sp³-hybridized carbons (Fsp3) is 0.440. The molecule has 1 saturated carbocycles. The molecule has 0 saturated heterocycles. The van der Waals surface area contributed by atoms with Crippen LogP contribution in [0.1, 0.15) is 57.6 Å². The van der Waals surface area contributed by atoms with Gasteiger partial charge in [-0.1, -0.05) is 12.8 Å². The molecule has 0 bridgehead atoms. The molecule has 1 aliphatic carbocycles. The Kier molecular flexibility index (Phi) is 6.27. The van der Waals surface area contributed by atoms with E-state index in [1.807, 2.05) is 0 Å². The number of nitriles is 1. The van der Waals surface area contributed by atoms with E-state index in [4.69, 9.17) is 5.10 Å². The molecule has 0 amide bonds. The third kappa shape index (κ3) is 4.38. The van der Waals surface area contributed by atoms with Crippen LogP contribution in [0.25, 0.3) is 10.9 Å². The summed E-state index contributed by atoms with van der Waals surface area (Å²) in [5.74, 6) is -0.858. The predicted octanol–water partition coefficient (Wildman–Crippen LogP) is 4.82. The van der Waals surface area contributed by atoms with Gasteiger partial charge in [0.05, 0.1) is 34.9 Å². The number of carboxylic acid groups (broad SMARTS) is 1. The molecule has 1 aromatic carbocycles. The topological polar surface area (TPSA) is 167 Å². The Balaban J connectivity index is 1.51. The van der Waals surface area contributed by atoms with Gasteiger partial charge >= 0.3 is 5.97 Å². The van der Waals surface area contributed by atoms with Crippen LogP contribution in [0.3, 0.4) is 0 Å². The van der Waals surface area contributed by atoms with Gasteiger partial charge in [-0.2, -0.15) is 14.7 Å². The van der Waals surface area contributed by atoms with Crippen LogP contribution in [0, 0.1) is 17.2 Å². The van der Waals surface area contributed by atoms with Crippen LogP contribution in [0.4, 0.5) is 11.5 Å². The van der Waals surface area contributed by atoms with Crippen molar-refractivity contribution in [3.63, 3.8) is 0 Å². The third-order valence-corrected chi connectivity index (χ3v) is 9.56. The normalized spacial score (nSPS) is 22.4. The monoisotopic (exact) mass is 526 g/mol. The second kappa shape index (κ2) is 9.18. The zero-order valence-corrected chi connectivity index (χ0v) is 21.5. The molecule has 0 spiro atoms. The highest BCUT2D eigenvalue weighted by Crippen LogP contribution is 2.62. The number of hydrogen-bond donors (Lipinski definition) is 5. The van der Waals surface area contributed by atoms with Gasteiger partial charge in [0.2, 0.25) is 0 Å². The quantitative estimate of drug-likeness (QED) is 0.302. The van der Waals surface area contributed by atoms with Crippen LogP contribution in [0.5, 0.6) is 0 Å². The van der Waals surface area contributed by atoms with E-state index in [0.29, 0.717) is 32.9 Å². The van der Waals surface area contributed by atoms with E-state index >= 15 is 0 Å². The number of hydrogen-bond acceptors (Lipinski definition) is 8. The number of carbonyl (C=O) groups is 1. The van der Waals surface area contributed by atoms with Crippen molar-refractivity contribution >= 4 is 39.2 Å². The first-order valence-corrected chi connectivity index (χ1v) is 13.7. The molecule has 2 aromatic heterocycles. The molecule has 1 aliphatic heterocycles. The van der Waals surface area contributed by atoms with E-state index in [9.17, 15) is 29.1 Å². The summed E-state index contributed by atoms with van der Waals surface area (Å²) in [4.78, 5) is 27.2. The van der Waals surface area contributed by atoms with Gasteiger partial charge in [-0.05, 0) is 56.5 Å². The number of aliphatic carboxylic acids is 1. The molecule has 1 fully saturated rings. The fourth-order valence-electron chi connectivity index (χ4n) is 5.56. The van der Waals surface area contributed by atoms with Crippen molar-refractivity contribution in [2.24, 2.45) is 5.92 Å². The van der Waals surface area contributed by atoms with Gasteiger partial charge in [0.25, 0.3) is 5.56 Å². The van der Waals surface area contributed by atoms with Crippen LogP contribution in [0.2, 0.25) is 0 Å². The minimum absolute atomic E-state index is 0.128. The van der Waals surface area contributed by atoms with Crippen molar-refractivity contribution in [2.75, 3.05) is 5.32 Å². The summed E-state index contributed by atoms with van der Waals surface area (Å²) >= 11 is 0. The number of nitrogens with zero attached hydrogens (tertiary/aromatic N) is 4. The number of rotatable bonds is 6. The molecule has 196 valence electrons. The molecule has 11 nitrogen and oxygen atoms in total. The number of anilines is 2. The molecule has 5 N–H and O–H groups in total. The third-order valence-electron chi connectivity index (χ3n) is 7.34. The van der Waals surface area contributed by atoms with Gasteiger partial charge in [-0.15, -0.1) is 10.8 Å². The molecule has 3 aromatic rings. The molecule has 0 radical (unpaired) electrons. The van der Waals surface area contributed by atoms with E-state index in [1.165, 1.54) is 4.31 Å². The van der Waals surface area contributed by atoms with Crippen molar-refractivity contribution in [3.8, 4) is 6.07 Å². The lowest BCUT2D eigenvalue weighted by Gasteiger charge is -2.46. The Labute approximate surface area is 215 Å². The average molecular weight is 527 g/mol. The lowest BCUT2D eigenvalue weighted by atomic mass is 9.85. The van der Waals surface area contributed by atoms with E-state index in [2.05, 4.69) is 16.4 Å². The van der Waals surface area contributed by atoms with Gasteiger partial charge < -0.3 is 15.4 Å². The van der Waals surface area contributed by atoms with Crippen molar-refractivity contribution in [1.29, 1.82) is 5.26 Å². The summed E-state index contributed by atoms with van der Waals surface area (Å²) in [6.07, 6.45) is 4.90. The highest BCUT2D eigenvalue weighted by atomic mass is 32.3. The molecule has 37 heavy (non-hydrogen) atoms. The number of benzene rings is 1. The standard InChI is InChI=1S/C25H30N6O5S/c1-25(2,12-21(32)33)30-14-16-11-17(7-8-20(16)37(30,35)36)28-23-22-19(9-10-27-24(22)34)31(29-23)18-6-4-3-5-15(18)13-26/h7-11,15,18,35-36H,3-6,12,14H2,1-2H3,(H,27,34)(H,28,29)(H,32,33). The van der Waals surface area contributed by atoms with Crippen LogP contribution < -0.4 is 10.9 Å². The van der Waals surface area contributed by atoms with E-state index in [-0.39, 0.29) is 30.5 Å². The highest BCUT2D eigenvalue weighted by Gasteiger charge is 2.44. The largest absolute Gasteiger partial charge is 0.481 e. The summed E-state index contributed by atoms with van der Waals surface area (Å²) in [5, 5.41) is 27.3. The second-order valence-corrected chi connectivity index (χ2v) is 12.3. The maximum absolute atomic E-state index is 12.8. The fourth-order valence-corrected chi connectivity index (χ4v) is 7.60. The van der Waals surface area contributed by atoms with Crippen LogP contribution in [0.15, 0.2) is 40.2 Å². The Morgan fingerprint density at radius 1 is 1.30 bits per heavy atom. The predicted molar refractivity (Wildman–Crippen MR) is 140 cm³/mol. The molecule has 3 heterocycles. The minimum Gasteiger partial charge on any atom is -0.481 e. The molecule has 5 rings (SSSR count). The maximum Gasteiger partial charge on any atom is 0.305 e. The number of fused-ring (bicyclic) bond motifs is 2. The van der Waals surface area contributed by atoms with Crippen molar-refractivity contribution in [2.45, 2.75) is 69.0 Å². The summed E-state index contributed by atoms with van der Waals surface area (Å²) in [7, 11) is -3.36. The Morgan fingerprint density at radius 2 is 2.05 bits per heavy atom. The summed E-state index contributed by atoms with van der Waals surface area (Å²) in [5.41, 5.74) is 0.611. The maximum atomic E-state index is 12.8. The van der Waals surface area contributed by atoms with Gasteiger partial charge in [0.15, 0.2) is 5.82 Å². The van der Waals surface area contributed by atoms with E-state index in [1.54, 1.807) is 49.0 Å². The van der Waals surface area contributed by atoms with Crippen LogP contribution >= 0.6 is 10.8 Å². The van der Waals surface area contributed by atoms with Crippen molar-refractivity contribution in [3.05, 3.63) is 46.4 Å². The first-order chi connectivity index (χ1) is 17.5. The smallest absolute Gasteiger partial charge is 0.305 e. The number of aromatic amines is 1. The lowest BCUT2D eigenvalue weighted by Crippen LogP contribution is -2.43. The van der Waals surface area contributed by atoms with Gasteiger partial charge in [-0.25, -0.2) is 0 Å². The lowest BCUT2D eigenvalue weighted by molar-refractivity contribution is -0.139. The zero-order chi connectivity index (χ0) is 26.5. The van der Waals surface area contributed by atoms with Gasteiger partial charge in [0, 0.05) is 24.0 Å².